The second-order valence-corrected chi connectivity index (χ2v) is 6.12. The minimum absolute atomic E-state index is 0.296. The number of rotatable bonds is 6. The molecule has 2 amide bonds. The van der Waals surface area contributed by atoms with E-state index in [9.17, 15) is 4.79 Å². The van der Waals surface area contributed by atoms with E-state index in [4.69, 9.17) is 9.47 Å². The normalized spacial score (nSPS) is 11.6. The second kappa shape index (κ2) is 8.38. The summed E-state index contributed by atoms with van der Waals surface area (Å²) in [6.07, 6.45) is 0. The number of amides is 2. The van der Waals surface area contributed by atoms with E-state index in [2.05, 4.69) is 26.2 Å². The van der Waals surface area contributed by atoms with Gasteiger partial charge < -0.3 is 20.1 Å². The Morgan fingerprint density at radius 1 is 1.14 bits per heavy atom. The average Bonchev–Trinajstić information content (AvgIpc) is 3.13. The summed E-state index contributed by atoms with van der Waals surface area (Å²) >= 11 is 0. The first kappa shape index (κ1) is 19.2. The Bertz CT molecular complexity index is 972. The summed E-state index contributed by atoms with van der Waals surface area (Å²) in [6, 6.07) is 12.1. The van der Waals surface area contributed by atoms with Crippen LogP contribution in [0.4, 0.5) is 10.5 Å². The lowest BCUT2D eigenvalue weighted by atomic mass is 10.1. The summed E-state index contributed by atoms with van der Waals surface area (Å²) in [6.45, 7) is 3.67. The Labute approximate surface area is 162 Å². The molecule has 0 fully saturated rings. The van der Waals surface area contributed by atoms with E-state index in [1.807, 2.05) is 37.3 Å². The van der Waals surface area contributed by atoms with Gasteiger partial charge in [0.05, 0.1) is 25.9 Å². The second-order valence-electron chi connectivity index (χ2n) is 6.12. The van der Waals surface area contributed by atoms with Gasteiger partial charge in [-0.1, -0.05) is 6.07 Å². The molecule has 0 unspecified atom stereocenters. The Hall–Kier alpha value is -3.62. The predicted molar refractivity (Wildman–Crippen MR) is 104 cm³/mol. The van der Waals surface area contributed by atoms with E-state index in [-0.39, 0.29) is 12.1 Å². The third kappa shape index (κ3) is 4.20. The lowest BCUT2D eigenvalue weighted by Gasteiger charge is -2.18. The highest BCUT2D eigenvalue weighted by molar-refractivity contribution is 5.89. The van der Waals surface area contributed by atoms with Crippen LogP contribution in [0.15, 0.2) is 42.5 Å². The van der Waals surface area contributed by atoms with Gasteiger partial charge in [0.2, 0.25) is 0 Å². The zero-order valence-corrected chi connectivity index (χ0v) is 16.1. The van der Waals surface area contributed by atoms with Gasteiger partial charge in [0.15, 0.2) is 5.82 Å². The van der Waals surface area contributed by atoms with Crippen molar-refractivity contribution in [3.63, 3.8) is 0 Å². The lowest BCUT2D eigenvalue weighted by molar-refractivity contribution is 0.249. The van der Waals surface area contributed by atoms with Crippen molar-refractivity contribution in [2.24, 2.45) is 0 Å². The van der Waals surface area contributed by atoms with Gasteiger partial charge in [0, 0.05) is 11.3 Å². The van der Waals surface area contributed by atoms with Crippen molar-refractivity contribution in [2.75, 3.05) is 19.5 Å². The molecule has 0 aliphatic rings. The Balaban J connectivity index is 1.72. The average molecular weight is 382 g/mol. The third-order valence-electron chi connectivity index (χ3n) is 4.22. The fourth-order valence-electron chi connectivity index (χ4n) is 2.81. The van der Waals surface area contributed by atoms with Gasteiger partial charge in [-0.25, -0.2) is 4.79 Å². The maximum atomic E-state index is 12.5. The topological polar surface area (TPSA) is 103 Å². The number of urea groups is 1. The van der Waals surface area contributed by atoms with Crippen molar-refractivity contribution in [2.45, 2.75) is 19.9 Å². The molecule has 28 heavy (non-hydrogen) atoms. The van der Waals surface area contributed by atoms with Gasteiger partial charge in [-0.2, -0.15) is 4.68 Å². The molecule has 3 aromatic rings. The molecule has 0 aliphatic heterocycles. The zero-order valence-electron chi connectivity index (χ0n) is 16.1. The van der Waals surface area contributed by atoms with Crippen LogP contribution in [0.2, 0.25) is 0 Å². The number of carbonyl (C=O) groups excluding carboxylic acids is 1. The fourth-order valence-corrected chi connectivity index (χ4v) is 2.81. The van der Waals surface area contributed by atoms with Crippen LogP contribution >= 0.6 is 0 Å². The molecule has 0 saturated carbocycles. The number of benzene rings is 2. The molecule has 0 saturated heterocycles. The maximum Gasteiger partial charge on any atom is 0.319 e. The number of ether oxygens (including phenoxy) is 2. The van der Waals surface area contributed by atoms with Crippen LogP contribution in [0.25, 0.3) is 5.69 Å². The monoisotopic (exact) mass is 382 g/mol. The first-order valence-electron chi connectivity index (χ1n) is 8.66. The highest BCUT2D eigenvalue weighted by Gasteiger charge is 2.15. The zero-order chi connectivity index (χ0) is 20.1. The van der Waals surface area contributed by atoms with Crippen molar-refractivity contribution in [3.8, 4) is 17.2 Å². The van der Waals surface area contributed by atoms with Crippen molar-refractivity contribution in [3.05, 3.63) is 53.9 Å². The van der Waals surface area contributed by atoms with Gasteiger partial charge >= 0.3 is 6.03 Å². The van der Waals surface area contributed by atoms with Gasteiger partial charge in [-0.3, -0.25) is 0 Å². The van der Waals surface area contributed by atoms with E-state index in [1.54, 1.807) is 38.0 Å². The molecule has 1 aromatic heterocycles. The molecule has 2 aromatic carbocycles. The number of aryl methyl sites for hydroxylation is 1. The molecule has 1 atom stereocenters. The van der Waals surface area contributed by atoms with Crippen molar-refractivity contribution < 1.29 is 14.3 Å². The van der Waals surface area contributed by atoms with Gasteiger partial charge in [0.1, 0.15) is 11.5 Å². The summed E-state index contributed by atoms with van der Waals surface area (Å²) in [5.74, 6) is 2.01. The SMILES string of the molecule is COc1ccc(OC)c([C@H](C)NC(=O)Nc2cccc(-n3nnnc3C)c2)c1. The molecular formula is C19H22N6O3. The molecule has 0 radical (unpaired) electrons. The summed E-state index contributed by atoms with van der Waals surface area (Å²) in [7, 11) is 3.18. The molecule has 2 N–H and O–H groups in total. The number of nitrogens with zero attached hydrogens (tertiary/aromatic N) is 4. The molecule has 0 bridgehead atoms. The van der Waals surface area contributed by atoms with Crippen molar-refractivity contribution in [1.82, 2.24) is 25.5 Å². The van der Waals surface area contributed by atoms with Crippen LogP contribution < -0.4 is 20.1 Å². The van der Waals surface area contributed by atoms with Crippen LogP contribution in [0.5, 0.6) is 11.5 Å². The summed E-state index contributed by atoms with van der Waals surface area (Å²) in [5, 5.41) is 17.2. The minimum atomic E-state index is -0.344. The molecule has 1 heterocycles. The molecule has 0 aliphatic carbocycles. The van der Waals surface area contributed by atoms with Crippen LogP contribution in [0.3, 0.4) is 0 Å². The molecule has 9 heteroatoms. The fraction of sp³-hybridized carbons (Fsp3) is 0.263. The molecule has 9 nitrogen and oxygen atoms in total. The van der Waals surface area contributed by atoms with E-state index in [0.29, 0.717) is 23.0 Å². The highest BCUT2D eigenvalue weighted by atomic mass is 16.5. The number of hydrogen-bond acceptors (Lipinski definition) is 6. The number of aromatic nitrogens is 4. The predicted octanol–water partition coefficient (Wildman–Crippen LogP) is 2.87. The Kier molecular flexibility index (Phi) is 5.73. The van der Waals surface area contributed by atoms with Crippen LogP contribution in [0.1, 0.15) is 24.4 Å². The van der Waals surface area contributed by atoms with E-state index >= 15 is 0 Å². The highest BCUT2D eigenvalue weighted by Crippen LogP contribution is 2.29. The molecular weight excluding hydrogens is 360 g/mol. The van der Waals surface area contributed by atoms with Crippen molar-refractivity contribution in [1.29, 1.82) is 0 Å². The summed E-state index contributed by atoms with van der Waals surface area (Å²) < 4.78 is 12.2. The Morgan fingerprint density at radius 2 is 1.96 bits per heavy atom. The number of anilines is 1. The van der Waals surface area contributed by atoms with Crippen LogP contribution in [-0.2, 0) is 0 Å². The summed E-state index contributed by atoms with van der Waals surface area (Å²) in [4.78, 5) is 12.5. The van der Waals surface area contributed by atoms with E-state index in [0.717, 1.165) is 11.3 Å². The molecule has 146 valence electrons. The van der Waals surface area contributed by atoms with Gasteiger partial charge in [-0.15, -0.1) is 5.10 Å². The third-order valence-corrected chi connectivity index (χ3v) is 4.22. The van der Waals surface area contributed by atoms with Crippen molar-refractivity contribution >= 4 is 11.7 Å². The van der Waals surface area contributed by atoms with E-state index in [1.165, 1.54) is 0 Å². The smallest absolute Gasteiger partial charge is 0.319 e. The minimum Gasteiger partial charge on any atom is -0.497 e. The number of nitrogens with one attached hydrogen (secondary N) is 2. The largest absolute Gasteiger partial charge is 0.497 e. The van der Waals surface area contributed by atoms with Gasteiger partial charge in [0.25, 0.3) is 0 Å². The lowest BCUT2D eigenvalue weighted by Crippen LogP contribution is -2.31. The first-order chi connectivity index (χ1) is 13.5. The number of methoxy groups -OCH3 is 2. The Morgan fingerprint density at radius 3 is 2.64 bits per heavy atom. The van der Waals surface area contributed by atoms with Crippen LogP contribution in [-0.4, -0.2) is 40.5 Å². The first-order valence-corrected chi connectivity index (χ1v) is 8.66. The number of carbonyl (C=O) groups is 1. The standard InChI is InChI=1S/C19H22N6O3/c1-12(17-11-16(27-3)8-9-18(17)28-4)20-19(26)21-14-6-5-7-15(10-14)25-13(2)22-23-24-25/h5-12H,1-4H3,(H2,20,21,26)/t12-/m0/s1. The molecule has 3 rings (SSSR count). The molecule has 0 spiro atoms. The summed E-state index contributed by atoms with van der Waals surface area (Å²) in [5.41, 5.74) is 2.19. The maximum absolute atomic E-state index is 12.5. The van der Waals surface area contributed by atoms with E-state index < -0.39 is 0 Å². The number of hydrogen-bond donors (Lipinski definition) is 2. The number of tetrazole rings is 1. The van der Waals surface area contributed by atoms with Crippen LogP contribution in [0, 0.1) is 6.92 Å². The quantitative estimate of drug-likeness (QED) is 0.679. The van der Waals surface area contributed by atoms with Gasteiger partial charge in [-0.05, 0) is 60.7 Å².